The van der Waals surface area contributed by atoms with Gasteiger partial charge in [-0.25, -0.2) is 10.2 Å². The number of carbonyl (C=O) groups is 2. The Hall–Kier alpha value is -2.37. The van der Waals surface area contributed by atoms with Gasteiger partial charge in [0.15, 0.2) is 0 Å². The van der Waals surface area contributed by atoms with E-state index in [0.717, 1.165) is 36.9 Å². The number of nitrogens with one attached hydrogen (secondary N) is 2. The summed E-state index contributed by atoms with van der Waals surface area (Å²) in [6, 6.07) is 7.39. The lowest BCUT2D eigenvalue weighted by Gasteiger charge is -2.20. The summed E-state index contributed by atoms with van der Waals surface area (Å²) in [5, 5.41) is 6.90. The molecule has 1 aromatic carbocycles. The highest BCUT2D eigenvalue weighted by Crippen LogP contribution is 2.25. The van der Waals surface area contributed by atoms with Gasteiger partial charge in [0.1, 0.15) is 0 Å². The van der Waals surface area contributed by atoms with Gasteiger partial charge in [-0.15, -0.1) is 0 Å². The number of carbonyl (C=O) groups excluding carboxylic acids is 2. The lowest BCUT2D eigenvalue weighted by atomic mass is 9.88. The molecule has 1 aliphatic carbocycles. The van der Waals surface area contributed by atoms with Gasteiger partial charge in [0.25, 0.3) is 0 Å². The van der Waals surface area contributed by atoms with E-state index in [2.05, 4.69) is 20.6 Å². The summed E-state index contributed by atoms with van der Waals surface area (Å²) in [5.41, 5.74) is 4.57. The Kier molecular flexibility index (Phi) is 6.14. The van der Waals surface area contributed by atoms with Crippen LogP contribution in [0, 0.1) is 5.92 Å². The molecule has 0 aromatic heterocycles. The molecule has 0 saturated heterocycles. The molecule has 2 amide bonds. The van der Waals surface area contributed by atoms with Crippen molar-refractivity contribution in [2.45, 2.75) is 39.0 Å². The Labute approximate surface area is 136 Å². The third-order valence-corrected chi connectivity index (χ3v) is 4.05. The van der Waals surface area contributed by atoms with E-state index in [0.29, 0.717) is 5.71 Å². The molecule has 1 aliphatic rings. The van der Waals surface area contributed by atoms with E-state index in [4.69, 9.17) is 0 Å². The molecule has 0 atom stereocenters. The Morgan fingerprint density at radius 3 is 2.39 bits per heavy atom. The van der Waals surface area contributed by atoms with Gasteiger partial charge in [0.05, 0.1) is 12.8 Å². The van der Waals surface area contributed by atoms with E-state index in [-0.39, 0.29) is 11.8 Å². The van der Waals surface area contributed by atoms with E-state index >= 15 is 0 Å². The standard InChI is InChI=1S/C17H23N3O3/c1-12(19-20-17(22)23-2)13-8-10-15(11-9-13)18-16(21)14-6-4-3-5-7-14/h8-11,14H,3-7H2,1-2H3,(H,18,21)(H,20,22)/b19-12-. The fraction of sp³-hybridized carbons (Fsp3) is 0.471. The lowest BCUT2D eigenvalue weighted by Crippen LogP contribution is -2.24. The largest absolute Gasteiger partial charge is 0.452 e. The fourth-order valence-electron chi connectivity index (χ4n) is 2.64. The fourth-order valence-corrected chi connectivity index (χ4v) is 2.64. The zero-order valence-electron chi connectivity index (χ0n) is 13.6. The topological polar surface area (TPSA) is 79.8 Å². The second-order valence-corrected chi connectivity index (χ2v) is 5.70. The van der Waals surface area contributed by atoms with Crippen molar-refractivity contribution < 1.29 is 14.3 Å². The molecule has 23 heavy (non-hydrogen) atoms. The van der Waals surface area contributed by atoms with Gasteiger partial charge in [0, 0.05) is 11.6 Å². The minimum Gasteiger partial charge on any atom is -0.452 e. The first-order valence-electron chi connectivity index (χ1n) is 7.89. The van der Waals surface area contributed by atoms with Crippen molar-refractivity contribution in [3.05, 3.63) is 29.8 Å². The van der Waals surface area contributed by atoms with Gasteiger partial charge < -0.3 is 10.1 Å². The minimum atomic E-state index is -0.610. The number of nitrogens with zero attached hydrogens (tertiary/aromatic N) is 1. The van der Waals surface area contributed by atoms with Crippen LogP contribution in [-0.4, -0.2) is 24.8 Å². The maximum atomic E-state index is 12.2. The second-order valence-electron chi connectivity index (χ2n) is 5.70. The maximum Gasteiger partial charge on any atom is 0.427 e. The van der Waals surface area contributed by atoms with Gasteiger partial charge in [-0.05, 0) is 37.5 Å². The first-order valence-corrected chi connectivity index (χ1v) is 7.89. The Balaban J connectivity index is 1.93. The van der Waals surface area contributed by atoms with Gasteiger partial charge >= 0.3 is 6.09 Å². The highest BCUT2D eigenvalue weighted by molar-refractivity contribution is 6.00. The van der Waals surface area contributed by atoms with Crippen LogP contribution < -0.4 is 10.7 Å². The molecule has 6 nitrogen and oxygen atoms in total. The van der Waals surface area contributed by atoms with E-state index in [1.165, 1.54) is 13.5 Å². The predicted octanol–water partition coefficient (Wildman–Crippen LogP) is 3.29. The summed E-state index contributed by atoms with van der Waals surface area (Å²) in [5.74, 6) is 0.242. The van der Waals surface area contributed by atoms with Gasteiger partial charge in [0.2, 0.25) is 5.91 Å². The van der Waals surface area contributed by atoms with Gasteiger partial charge in [-0.2, -0.15) is 5.10 Å². The Bertz CT molecular complexity index is 575. The normalized spacial score (nSPS) is 15.8. The number of anilines is 1. The van der Waals surface area contributed by atoms with E-state index in [1.54, 1.807) is 6.92 Å². The van der Waals surface area contributed by atoms with Crippen LogP contribution in [0.3, 0.4) is 0 Å². The van der Waals surface area contributed by atoms with Gasteiger partial charge in [-0.1, -0.05) is 31.4 Å². The first kappa shape index (κ1) is 17.0. The van der Waals surface area contributed by atoms with Crippen molar-refractivity contribution in [2.24, 2.45) is 11.0 Å². The quantitative estimate of drug-likeness (QED) is 0.660. The molecule has 0 radical (unpaired) electrons. The van der Waals surface area contributed by atoms with Crippen LogP contribution in [0.25, 0.3) is 0 Å². The number of hydrogen-bond acceptors (Lipinski definition) is 4. The van der Waals surface area contributed by atoms with Crippen molar-refractivity contribution >= 4 is 23.4 Å². The second kappa shape index (κ2) is 8.31. The smallest absolute Gasteiger partial charge is 0.427 e. The van der Waals surface area contributed by atoms with Crippen LogP contribution in [0.2, 0.25) is 0 Å². The number of amides is 2. The summed E-state index contributed by atoms with van der Waals surface area (Å²) in [4.78, 5) is 23.2. The number of ether oxygens (including phenoxy) is 1. The van der Waals surface area contributed by atoms with Crippen LogP contribution in [-0.2, 0) is 9.53 Å². The van der Waals surface area contributed by atoms with Crippen LogP contribution in [0.5, 0.6) is 0 Å². The molecule has 1 aromatic rings. The molecule has 0 aliphatic heterocycles. The monoisotopic (exact) mass is 317 g/mol. The van der Waals surface area contributed by atoms with E-state index in [9.17, 15) is 9.59 Å². The van der Waals surface area contributed by atoms with Gasteiger partial charge in [-0.3, -0.25) is 4.79 Å². The highest BCUT2D eigenvalue weighted by Gasteiger charge is 2.20. The Morgan fingerprint density at radius 1 is 1.13 bits per heavy atom. The Morgan fingerprint density at radius 2 is 1.78 bits per heavy atom. The number of hydrazone groups is 1. The van der Waals surface area contributed by atoms with E-state index in [1.807, 2.05) is 24.3 Å². The maximum absolute atomic E-state index is 12.2. The average molecular weight is 317 g/mol. The molecule has 0 unspecified atom stereocenters. The molecular formula is C17H23N3O3. The predicted molar refractivity (Wildman–Crippen MR) is 89.4 cm³/mol. The summed E-state index contributed by atoms with van der Waals surface area (Å²) in [6.07, 6.45) is 4.86. The third kappa shape index (κ3) is 5.09. The van der Waals surface area contributed by atoms with Crippen molar-refractivity contribution in [3.63, 3.8) is 0 Å². The molecule has 2 rings (SSSR count). The summed E-state index contributed by atoms with van der Waals surface area (Å²) in [7, 11) is 1.28. The summed E-state index contributed by atoms with van der Waals surface area (Å²) < 4.78 is 4.45. The molecule has 0 spiro atoms. The van der Waals surface area contributed by atoms with Crippen molar-refractivity contribution in [1.29, 1.82) is 0 Å². The first-order chi connectivity index (χ1) is 11.1. The summed E-state index contributed by atoms with van der Waals surface area (Å²) >= 11 is 0. The molecular weight excluding hydrogens is 294 g/mol. The van der Waals surface area contributed by atoms with E-state index < -0.39 is 6.09 Å². The zero-order chi connectivity index (χ0) is 16.7. The molecule has 124 valence electrons. The van der Waals surface area contributed by atoms with Crippen molar-refractivity contribution in [1.82, 2.24) is 5.43 Å². The SMILES string of the molecule is COC(=O)N/N=C(/C)c1ccc(NC(=O)C2CCCCC2)cc1. The molecule has 2 N–H and O–H groups in total. The highest BCUT2D eigenvalue weighted by atomic mass is 16.5. The molecule has 6 heteroatoms. The van der Waals surface area contributed by atoms with Crippen molar-refractivity contribution in [3.8, 4) is 0 Å². The molecule has 1 saturated carbocycles. The van der Waals surface area contributed by atoms with Crippen LogP contribution in [0.4, 0.5) is 10.5 Å². The number of methoxy groups -OCH3 is 1. The minimum absolute atomic E-state index is 0.107. The summed E-state index contributed by atoms with van der Waals surface area (Å²) in [6.45, 7) is 1.78. The number of benzene rings is 1. The van der Waals surface area contributed by atoms with Crippen LogP contribution >= 0.6 is 0 Å². The third-order valence-electron chi connectivity index (χ3n) is 4.05. The number of rotatable bonds is 4. The van der Waals surface area contributed by atoms with Crippen molar-refractivity contribution in [2.75, 3.05) is 12.4 Å². The lowest BCUT2D eigenvalue weighted by molar-refractivity contribution is -0.120. The van der Waals surface area contributed by atoms with Crippen LogP contribution in [0.15, 0.2) is 29.4 Å². The molecule has 1 fully saturated rings. The zero-order valence-corrected chi connectivity index (χ0v) is 13.6. The van der Waals surface area contributed by atoms with Crippen LogP contribution in [0.1, 0.15) is 44.6 Å². The molecule has 0 bridgehead atoms. The molecule has 0 heterocycles. The number of hydrogen-bond donors (Lipinski definition) is 2. The average Bonchev–Trinajstić information content (AvgIpc) is 2.60.